The number of methoxy groups -OCH3 is 2. The molecule has 6 rings (SSSR count). The van der Waals surface area contributed by atoms with E-state index < -0.39 is 63.9 Å². The number of phenols is 3. The summed E-state index contributed by atoms with van der Waals surface area (Å²) in [5.41, 5.74) is -0.237. The van der Waals surface area contributed by atoms with Crippen molar-refractivity contribution >= 4 is 63.3 Å². The van der Waals surface area contributed by atoms with Gasteiger partial charge in [0.25, 0.3) is 11.8 Å². The average Bonchev–Trinajstić information content (AvgIpc) is 3.26. The minimum atomic E-state index is -1.43. The fourth-order valence-electron chi connectivity index (χ4n) is 6.90. The zero-order valence-corrected chi connectivity index (χ0v) is 34.7. The average molecular weight is 883 g/mol. The van der Waals surface area contributed by atoms with Crippen molar-refractivity contribution in [2.75, 3.05) is 30.2 Å². The number of hydrogen-bond donors (Lipinski definition) is 7. The molecule has 0 aliphatic carbocycles. The summed E-state index contributed by atoms with van der Waals surface area (Å²) in [4.78, 5) is 90.1. The highest BCUT2D eigenvalue weighted by Gasteiger charge is 2.26. The lowest BCUT2D eigenvalue weighted by atomic mass is 9.93. The quantitative estimate of drug-likeness (QED) is 0.0398. The Bertz CT molecular complexity index is 3010. The topological polar surface area (TPSA) is 292 Å². The van der Waals surface area contributed by atoms with Crippen molar-refractivity contribution in [1.29, 1.82) is 5.26 Å². The van der Waals surface area contributed by atoms with Crippen LogP contribution in [0.25, 0.3) is 11.0 Å². The number of nitrogens with one attached hydrogen (secondary N) is 3. The standard InChI is InChI=1S/C47H38N4O14/c1-23-30-13-12-29(52)22-37(30)65-47(62)38(23)36(54)20-24-4-6-25(7-5-24)35(53)21-27(18-19-48)44(58)49-28-10-8-26(9-11-28)43(57)50-33-16-14-31(39(55)41(33)63-2)45(59)51-34-17-15-32(46(60)61)40(56)42(34)64-3/h4-17,22,27,52,55-56H,18,20-21H2,1-3H3,(H,49,58)(H,50,57)(H,51,59)(H,60,61)/t27-/m1/s1. The SMILES string of the molecule is COc1c(NC(=O)c2ccc(NC(=O)c3ccc(NC(=O)[C@H](CC#N)CC(=O)c4ccc(CC(=O)c5c(C)c6ccc(O)cc6oc5=O)cc4)cc3)c(OC)c2O)ccc(C(=O)O)c1O. The van der Waals surface area contributed by atoms with Crippen LogP contribution in [-0.4, -0.2) is 69.9 Å². The lowest BCUT2D eigenvalue weighted by Gasteiger charge is -2.16. The summed E-state index contributed by atoms with van der Waals surface area (Å²) in [7, 11) is 2.35. The van der Waals surface area contributed by atoms with Crippen molar-refractivity contribution in [3.05, 3.63) is 140 Å². The molecule has 0 bridgehead atoms. The Morgan fingerprint density at radius 3 is 1.91 bits per heavy atom. The van der Waals surface area contributed by atoms with Gasteiger partial charge in [0.2, 0.25) is 5.91 Å². The van der Waals surface area contributed by atoms with Crippen LogP contribution in [-0.2, 0) is 11.2 Å². The second-order valence-corrected chi connectivity index (χ2v) is 14.4. The minimum Gasteiger partial charge on any atom is -0.508 e. The zero-order chi connectivity index (χ0) is 47.1. The summed E-state index contributed by atoms with van der Waals surface area (Å²) >= 11 is 0. The van der Waals surface area contributed by atoms with E-state index in [0.717, 1.165) is 13.2 Å². The second kappa shape index (κ2) is 19.4. The van der Waals surface area contributed by atoms with Gasteiger partial charge in [-0.05, 0) is 78.7 Å². The number of rotatable bonds is 16. The van der Waals surface area contributed by atoms with Gasteiger partial charge in [-0.3, -0.25) is 24.0 Å². The Morgan fingerprint density at radius 1 is 0.723 bits per heavy atom. The molecule has 1 heterocycles. The van der Waals surface area contributed by atoms with E-state index in [2.05, 4.69) is 16.0 Å². The molecule has 1 aromatic heterocycles. The first-order chi connectivity index (χ1) is 31.0. The van der Waals surface area contributed by atoms with Gasteiger partial charge in [-0.25, -0.2) is 9.59 Å². The van der Waals surface area contributed by atoms with Crippen molar-refractivity contribution in [2.45, 2.75) is 26.2 Å². The van der Waals surface area contributed by atoms with E-state index in [1.807, 2.05) is 6.07 Å². The number of Topliss-reactive ketones (excluding diaryl/α,β-unsaturated/α-hetero) is 2. The number of amides is 3. The van der Waals surface area contributed by atoms with Crippen LogP contribution in [0.4, 0.5) is 17.1 Å². The van der Waals surface area contributed by atoms with Gasteiger partial charge >= 0.3 is 11.6 Å². The number of carboxylic acids is 1. The van der Waals surface area contributed by atoms with E-state index in [0.29, 0.717) is 16.5 Å². The van der Waals surface area contributed by atoms with Crippen LogP contribution < -0.4 is 31.0 Å². The van der Waals surface area contributed by atoms with Gasteiger partial charge in [-0.1, -0.05) is 24.3 Å². The molecule has 18 heteroatoms. The maximum absolute atomic E-state index is 13.3. The lowest BCUT2D eigenvalue weighted by molar-refractivity contribution is -0.119. The number of benzene rings is 5. The molecule has 7 N–H and O–H groups in total. The molecule has 330 valence electrons. The molecule has 0 saturated carbocycles. The molecule has 1 atom stereocenters. The smallest absolute Gasteiger partial charge is 0.347 e. The third kappa shape index (κ3) is 9.90. The molecule has 0 spiro atoms. The lowest BCUT2D eigenvalue weighted by Crippen LogP contribution is -2.25. The van der Waals surface area contributed by atoms with Crippen LogP contribution in [0, 0.1) is 24.2 Å². The fourth-order valence-corrected chi connectivity index (χ4v) is 6.90. The van der Waals surface area contributed by atoms with Crippen molar-refractivity contribution in [2.24, 2.45) is 5.92 Å². The minimum absolute atomic E-state index is 0.0227. The number of hydrogen-bond acceptors (Lipinski definition) is 14. The molecule has 0 saturated heterocycles. The number of fused-ring (bicyclic) bond motifs is 1. The summed E-state index contributed by atoms with van der Waals surface area (Å²) in [6.45, 7) is 1.61. The molecule has 6 aromatic rings. The third-order valence-electron chi connectivity index (χ3n) is 10.3. The normalized spacial score (nSPS) is 11.2. The molecular weight excluding hydrogens is 845 g/mol. The predicted molar refractivity (Wildman–Crippen MR) is 233 cm³/mol. The van der Waals surface area contributed by atoms with Crippen molar-refractivity contribution in [3.8, 4) is 34.8 Å². The van der Waals surface area contributed by atoms with Gasteiger partial charge in [-0.2, -0.15) is 5.26 Å². The van der Waals surface area contributed by atoms with Crippen LogP contribution >= 0.6 is 0 Å². The van der Waals surface area contributed by atoms with E-state index in [1.165, 1.54) is 73.8 Å². The summed E-state index contributed by atoms with van der Waals surface area (Å²) < 4.78 is 15.6. The molecule has 0 unspecified atom stereocenters. The van der Waals surface area contributed by atoms with E-state index in [-0.39, 0.29) is 81.4 Å². The maximum Gasteiger partial charge on any atom is 0.347 e. The maximum atomic E-state index is 13.3. The van der Waals surface area contributed by atoms with E-state index in [4.69, 9.17) is 13.9 Å². The number of nitriles is 1. The van der Waals surface area contributed by atoms with Crippen LogP contribution in [0.15, 0.2) is 100 Å². The Balaban J connectivity index is 1.06. The van der Waals surface area contributed by atoms with Crippen LogP contribution in [0.5, 0.6) is 28.7 Å². The Hall–Kier alpha value is -8.98. The van der Waals surface area contributed by atoms with Gasteiger partial charge in [0.05, 0.1) is 43.1 Å². The molecule has 0 aliphatic heterocycles. The van der Waals surface area contributed by atoms with E-state index >= 15 is 0 Å². The number of ether oxygens (including phenoxy) is 2. The predicted octanol–water partition coefficient (Wildman–Crippen LogP) is 6.61. The molecule has 0 fully saturated rings. The largest absolute Gasteiger partial charge is 0.508 e. The molecule has 0 aliphatic rings. The summed E-state index contributed by atoms with van der Waals surface area (Å²) in [6.07, 6.45) is -0.779. The Kier molecular flexibility index (Phi) is 13.6. The number of aromatic carboxylic acids is 1. The number of carbonyl (C=O) groups is 6. The highest BCUT2D eigenvalue weighted by atomic mass is 16.5. The van der Waals surface area contributed by atoms with E-state index in [9.17, 15) is 59.2 Å². The van der Waals surface area contributed by atoms with Crippen molar-refractivity contribution in [3.63, 3.8) is 0 Å². The highest BCUT2D eigenvalue weighted by molar-refractivity contribution is 6.10. The number of aromatic hydroxyl groups is 3. The summed E-state index contributed by atoms with van der Waals surface area (Å²) in [5.74, 6) is -7.71. The second-order valence-electron chi connectivity index (χ2n) is 14.4. The number of carbonyl (C=O) groups excluding carboxylic acids is 5. The fraction of sp³-hybridized carbons (Fsp3) is 0.149. The van der Waals surface area contributed by atoms with Gasteiger partial charge in [0.15, 0.2) is 34.6 Å². The zero-order valence-electron chi connectivity index (χ0n) is 34.7. The molecule has 0 radical (unpaired) electrons. The first kappa shape index (κ1) is 45.5. The van der Waals surface area contributed by atoms with Gasteiger partial charge in [-0.15, -0.1) is 0 Å². The molecule has 3 amide bonds. The first-order valence-electron chi connectivity index (χ1n) is 19.4. The monoisotopic (exact) mass is 882 g/mol. The summed E-state index contributed by atoms with van der Waals surface area (Å²) in [5, 5.41) is 57.8. The molecular formula is C47H38N4O14. The van der Waals surface area contributed by atoms with E-state index in [1.54, 1.807) is 25.1 Å². The number of aryl methyl sites for hydroxylation is 1. The Morgan fingerprint density at radius 2 is 1.31 bits per heavy atom. The first-order valence-corrected chi connectivity index (χ1v) is 19.4. The Labute approximate surface area is 368 Å². The van der Waals surface area contributed by atoms with Gasteiger partial charge < -0.3 is 50.3 Å². The number of carboxylic acid groups (broad SMARTS) is 1. The number of ketones is 2. The summed E-state index contributed by atoms with van der Waals surface area (Å²) in [6, 6.07) is 22.5. The van der Waals surface area contributed by atoms with Crippen LogP contribution in [0.1, 0.15) is 75.8 Å². The van der Waals surface area contributed by atoms with Gasteiger partial charge in [0.1, 0.15) is 22.5 Å². The van der Waals surface area contributed by atoms with Crippen LogP contribution in [0.2, 0.25) is 0 Å². The highest BCUT2D eigenvalue weighted by Crippen LogP contribution is 2.40. The molecule has 18 nitrogen and oxygen atoms in total. The number of phenolic OH excluding ortho intramolecular Hbond substituents is 2. The third-order valence-corrected chi connectivity index (χ3v) is 10.3. The molecule has 65 heavy (non-hydrogen) atoms. The van der Waals surface area contributed by atoms with Gasteiger partial charge in [0, 0.05) is 47.5 Å². The van der Waals surface area contributed by atoms with Crippen molar-refractivity contribution in [1.82, 2.24) is 0 Å². The van der Waals surface area contributed by atoms with Crippen molar-refractivity contribution < 1.29 is 63.1 Å². The number of nitrogens with zero attached hydrogens (tertiary/aromatic N) is 1. The number of anilines is 3. The molecule has 5 aromatic carbocycles. The van der Waals surface area contributed by atoms with Crippen LogP contribution in [0.3, 0.4) is 0 Å².